The lowest BCUT2D eigenvalue weighted by Gasteiger charge is -2.12. The number of hydrogen-bond donors (Lipinski definition) is 2. The average Bonchev–Trinajstić information content (AvgIpc) is 2.54. The molecule has 0 atom stereocenters. The quantitative estimate of drug-likeness (QED) is 0.822. The van der Waals surface area contributed by atoms with Crippen molar-refractivity contribution in [3.8, 4) is 11.5 Å². The highest BCUT2D eigenvalue weighted by Gasteiger charge is 2.09. The predicted octanol–water partition coefficient (Wildman–Crippen LogP) is 3.84. The smallest absolute Gasteiger partial charge is 0.329 e. The Bertz CT molecular complexity index is 644. The van der Waals surface area contributed by atoms with E-state index in [2.05, 4.69) is 10.0 Å². The standard InChI is InChI=1S/C16H18N2O3S/c1-11-4-7-13(8-5-11)22-18-16(19)17-14-9-6-12(20-2)10-15(14)21-3/h4-10H,1-3H3,(H2,17,18,19). The molecule has 5 nitrogen and oxygen atoms in total. The molecule has 0 aliphatic rings. The predicted molar refractivity (Wildman–Crippen MR) is 88.7 cm³/mol. The van der Waals surface area contributed by atoms with Crippen molar-refractivity contribution in [3.05, 3.63) is 48.0 Å². The van der Waals surface area contributed by atoms with Gasteiger partial charge in [-0.25, -0.2) is 4.79 Å². The van der Waals surface area contributed by atoms with Crippen LogP contribution in [0, 0.1) is 6.92 Å². The maximum Gasteiger partial charge on any atom is 0.329 e. The van der Waals surface area contributed by atoms with E-state index in [1.807, 2.05) is 31.2 Å². The normalized spacial score (nSPS) is 9.95. The molecule has 0 aromatic heterocycles. The average molecular weight is 318 g/mol. The summed E-state index contributed by atoms with van der Waals surface area (Å²) in [5.41, 5.74) is 1.75. The van der Waals surface area contributed by atoms with Crippen molar-refractivity contribution in [2.45, 2.75) is 11.8 Å². The van der Waals surface area contributed by atoms with Gasteiger partial charge in [-0.1, -0.05) is 17.7 Å². The monoisotopic (exact) mass is 318 g/mol. The van der Waals surface area contributed by atoms with E-state index in [-0.39, 0.29) is 6.03 Å². The lowest BCUT2D eigenvalue weighted by atomic mass is 10.2. The SMILES string of the molecule is COc1ccc(NC(=O)NSc2ccc(C)cc2)c(OC)c1. The molecular formula is C16H18N2O3S. The summed E-state index contributed by atoms with van der Waals surface area (Å²) in [6.45, 7) is 2.02. The number of rotatable bonds is 5. The first-order chi connectivity index (χ1) is 10.6. The van der Waals surface area contributed by atoms with Gasteiger partial charge < -0.3 is 14.8 Å². The molecule has 0 spiro atoms. The lowest BCUT2D eigenvalue weighted by Crippen LogP contribution is -2.22. The zero-order valence-electron chi connectivity index (χ0n) is 12.7. The fourth-order valence-corrected chi connectivity index (χ4v) is 2.29. The number of carbonyl (C=O) groups is 1. The number of urea groups is 1. The Morgan fingerprint density at radius 3 is 2.41 bits per heavy atom. The van der Waals surface area contributed by atoms with Crippen LogP contribution in [-0.4, -0.2) is 20.3 Å². The molecule has 0 aliphatic carbocycles. The molecule has 6 heteroatoms. The van der Waals surface area contributed by atoms with Crippen LogP contribution in [-0.2, 0) is 0 Å². The van der Waals surface area contributed by atoms with E-state index in [4.69, 9.17) is 9.47 Å². The van der Waals surface area contributed by atoms with Crippen molar-refractivity contribution in [2.24, 2.45) is 0 Å². The van der Waals surface area contributed by atoms with Crippen molar-refractivity contribution in [2.75, 3.05) is 19.5 Å². The third kappa shape index (κ3) is 4.33. The van der Waals surface area contributed by atoms with Gasteiger partial charge in [0.2, 0.25) is 0 Å². The molecule has 0 aliphatic heterocycles. The Balaban J connectivity index is 1.95. The summed E-state index contributed by atoms with van der Waals surface area (Å²) in [5.74, 6) is 1.20. The van der Waals surface area contributed by atoms with Crippen LogP contribution < -0.4 is 19.5 Å². The van der Waals surface area contributed by atoms with Crippen molar-refractivity contribution < 1.29 is 14.3 Å². The van der Waals surface area contributed by atoms with Gasteiger partial charge in [0.05, 0.1) is 19.9 Å². The molecule has 116 valence electrons. The fraction of sp³-hybridized carbons (Fsp3) is 0.188. The molecule has 2 amide bonds. The topological polar surface area (TPSA) is 59.6 Å². The molecule has 0 saturated heterocycles. The van der Waals surface area contributed by atoms with Gasteiger partial charge in [-0.3, -0.25) is 4.72 Å². The van der Waals surface area contributed by atoms with E-state index in [0.717, 1.165) is 4.90 Å². The first kappa shape index (κ1) is 16.0. The number of nitrogens with one attached hydrogen (secondary N) is 2. The Hall–Kier alpha value is -2.34. The summed E-state index contributed by atoms with van der Waals surface area (Å²) in [6.07, 6.45) is 0. The maximum absolute atomic E-state index is 11.9. The van der Waals surface area contributed by atoms with Gasteiger partial charge in [-0.2, -0.15) is 0 Å². The number of hydrogen-bond acceptors (Lipinski definition) is 4. The third-order valence-corrected chi connectivity index (χ3v) is 3.73. The van der Waals surface area contributed by atoms with E-state index < -0.39 is 0 Å². The van der Waals surface area contributed by atoms with E-state index in [1.165, 1.54) is 17.5 Å². The first-order valence-electron chi connectivity index (χ1n) is 6.65. The molecular weight excluding hydrogens is 300 g/mol. The van der Waals surface area contributed by atoms with Crippen LogP contribution in [0.5, 0.6) is 11.5 Å². The summed E-state index contributed by atoms with van der Waals surface area (Å²) >= 11 is 1.25. The minimum absolute atomic E-state index is 0.325. The van der Waals surface area contributed by atoms with E-state index in [0.29, 0.717) is 17.2 Å². The molecule has 22 heavy (non-hydrogen) atoms. The molecule has 2 aromatic rings. The van der Waals surface area contributed by atoms with E-state index in [1.54, 1.807) is 32.4 Å². The second-order valence-electron chi connectivity index (χ2n) is 4.54. The Morgan fingerprint density at radius 1 is 1.05 bits per heavy atom. The molecule has 0 heterocycles. The van der Waals surface area contributed by atoms with Gasteiger partial charge in [0.25, 0.3) is 0 Å². The van der Waals surface area contributed by atoms with Crippen LogP contribution in [0.1, 0.15) is 5.56 Å². The van der Waals surface area contributed by atoms with Crippen molar-refractivity contribution >= 4 is 23.7 Å². The summed E-state index contributed by atoms with van der Waals surface area (Å²) in [5, 5.41) is 2.74. The van der Waals surface area contributed by atoms with Crippen LogP contribution in [0.4, 0.5) is 10.5 Å². The fourth-order valence-electron chi connectivity index (χ4n) is 1.76. The zero-order valence-corrected chi connectivity index (χ0v) is 13.5. The maximum atomic E-state index is 11.9. The third-order valence-electron chi connectivity index (χ3n) is 2.94. The number of benzene rings is 2. The first-order valence-corrected chi connectivity index (χ1v) is 7.46. The molecule has 0 bridgehead atoms. The van der Waals surface area contributed by atoms with Gasteiger partial charge in [-0.05, 0) is 43.1 Å². The Morgan fingerprint density at radius 2 is 1.77 bits per heavy atom. The van der Waals surface area contributed by atoms with Crippen LogP contribution in [0.2, 0.25) is 0 Å². The molecule has 0 saturated carbocycles. The number of amides is 2. The van der Waals surface area contributed by atoms with Crippen LogP contribution >= 0.6 is 11.9 Å². The number of methoxy groups -OCH3 is 2. The molecule has 2 aromatic carbocycles. The molecule has 0 fully saturated rings. The summed E-state index contributed by atoms with van der Waals surface area (Å²) < 4.78 is 13.1. The van der Waals surface area contributed by atoms with Crippen molar-refractivity contribution in [3.63, 3.8) is 0 Å². The number of anilines is 1. The summed E-state index contributed by atoms with van der Waals surface area (Å²) in [4.78, 5) is 12.9. The molecule has 0 unspecified atom stereocenters. The van der Waals surface area contributed by atoms with Gasteiger partial charge in [0.15, 0.2) is 0 Å². The van der Waals surface area contributed by atoms with Gasteiger partial charge in [0, 0.05) is 11.0 Å². The number of carbonyl (C=O) groups excluding carboxylic acids is 1. The summed E-state index contributed by atoms with van der Waals surface area (Å²) in [6, 6.07) is 12.8. The second kappa shape index (κ2) is 7.61. The van der Waals surface area contributed by atoms with Crippen LogP contribution in [0.15, 0.2) is 47.4 Å². The van der Waals surface area contributed by atoms with Gasteiger partial charge in [-0.15, -0.1) is 0 Å². The van der Waals surface area contributed by atoms with Crippen LogP contribution in [0.25, 0.3) is 0 Å². The Kier molecular flexibility index (Phi) is 5.55. The van der Waals surface area contributed by atoms with Gasteiger partial charge in [0.1, 0.15) is 11.5 Å². The summed E-state index contributed by atoms with van der Waals surface area (Å²) in [7, 11) is 3.12. The van der Waals surface area contributed by atoms with Crippen LogP contribution in [0.3, 0.4) is 0 Å². The number of aryl methyl sites for hydroxylation is 1. The highest BCUT2D eigenvalue weighted by molar-refractivity contribution is 7.98. The zero-order chi connectivity index (χ0) is 15.9. The minimum Gasteiger partial charge on any atom is -0.497 e. The highest BCUT2D eigenvalue weighted by Crippen LogP contribution is 2.29. The molecule has 0 radical (unpaired) electrons. The highest BCUT2D eigenvalue weighted by atomic mass is 32.2. The second-order valence-corrected chi connectivity index (χ2v) is 5.42. The van der Waals surface area contributed by atoms with E-state index >= 15 is 0 Å². The van der Waals surface area contributed by atoms with Gasteiger partial charge >= 0.3 is 6.03 Å². The van der Waals surface area contributed by atoms with Crippen molar-refractivity contribution in [1.29, 1.82) is 0 Å². The largest absolute Gasteiger partial charge is 0.497 e. The molecule has 2 N–H and O–H groups in total. The minimum atomic E-state index is -0.325. The number of ether oxygens (including phenoxy) is 2. The lowest BCUT2D eigenvalue weighted by molar-refractivity contribution is 0.257. The van der Waals surface area contributed by atoms with E-state index in [9.17, 15) is 4.79 Å². The molecule has 2 rings (SSSR count). The Labute approximate surface area is 134 Å². The van der Waals surface area contributed by atoms with Crippen molar-refractivity contribution in [1.82, 2.24) is 4.72 Å².